The first-order chi connectivity index (χ1) is 15.2. The number of rotatable bonds is 9. The Morgan fingerprint density at radius 1 is 1.12 bits per heavy atom. The number of carbonyl (C=O) groups excluding carboxylic acids is 1. The van der Waals surface area contributed by atoms with Gasteiger partial charge in [0.05, 0.1) is 24.4 Å². The summed E-state index contributed by atoms with van der Waals surface area (Å²) in [5, 5.41) is 2.95. The Balaban J connectivity index is 1.68. The van der Waals surface area contributed by atoms with Gasteiger partial charge in [-0.05, 0) is 36.4 Å². The van der Waals surface area contributed by atoms with Crippen LogP contribution >= 0.6 is 0 Å². The molecule has 3 rings (SSSR count). The molecule has 32 heavy (non-hydrogen) atoms. The number of benzene rings is 2. The molecular formula is C22H22FN3O5S. The first-order valence-corrected chi connectivity index (χ1v) is 11.5. The number of hydrogen-bond acceptors (Lipinski definition) is 8. The zero-order chi connectivity index (χ0) is 23.3. The summed E-state index contributed by atoms with van der Waals surface area (Å²) in [6.07, 6.45) is 4.25. The van der Waals surface area contributed by atoms with Crippen molar-refractivity contribution in [2.75, 3.05) is 18.7 Å². The predicted octanol–water partition coefficient (Wildman–Crippen LogP) is 3.94. The number of ketones is 1. The van der Waals surface area contributed by atoms with E-state index in [0.29, 0.717) is 17.0 Å². The maximum absolute atomic E-state index is 14.5. The molecule has 10 heteroatoms. The summed E-state index contributed by atoms with van der Waals surface area (Å²) in [6.45, 7) is 1.58. The number of nitrogens with zero attached hydrogens (tertiary/aromatic N) is 2. The van der Waals surface area contributed by atoms with Crippen LogP contribution in [0.4, 0.5) is 16.0 Å². The molecular weight excluding hydrogens is 437 g/mol. The van der Waals surface area contributed by atoms with Crippen LogP contribution in [-0.4, -0.2) is 37.5 Å². The van der Waals surface area contributed by atoms with Gasteiger partial charge in [0, 0.05) is 29.5 Å². The monoisotopic (exact) mass is 459 g/mol. The van der Waals surface area contributed by atoms with E-state index in [-0.39, 0.29) is 41.0 Å². The van der Waals surface area contributed by atoms with Crippen LogP contribution in [0.2, 0.25) is 0 Å². The van der Waals surface area contributed by atoms with Gasteiger partial charge in [0.1, 0.15) is 6.61 Å². The van der Waals surface area contributed by atoms with Crippen molar-refractivity contribution in [2.45, 2.75) is 24.8 Å². The van der Waals surface area contributed by atoms with Crippen LogP contribution in [-0.2, 0) is 16.4 Å². The molecule has 3 aromatic rings. The number of carbonyl (C=O) groups is 1. The van der Waals surface area contributed by atoms with E-state index in [1.54, 1.807) is 19.1 Å². The van der Waals surface area contributed by atoms with Gasteiger partial charge in [0.15, 0.2) is 32.9 Å². The van der Waals surface area contributed by atoms with Crippen LogP contribution in [0.5, 0.6) is 11.5 Å². The van der Waals surface area contributed by atoms with Crippen molar-refractivity contribution in [3.05, 3.63) is 65.7 Å². The van der Waals surface area contributed by atoms with E-state index in [0.717, 1.165) is 6.26 Å². The van der Waals surface area contributed by atoms with Crippen molar-refractivity contribution >= 4 is 27.3 Å². The van der Waals surface area contributed by atoms with Crippen LogP contribution in [0.25, 0.3) is 0 Å². The molecule has 1 aromatic heterocycles. The van der Waals surface area contributed by atoms with Crippen LogP contribution in [0.15, 0.2) is 53.7 Å². The molecule has 1 N–H and O–H groups in total. The molecule has 8 nitrogen and oxygen atoms in total. The van der Waals surface area contributed by atoms with Gasteiger partial charge in [-0.1, -0.05) is 6.92 Å². The summed E-state index contributed by atoms with van der Waals surface area (Å²) in [7, 11) is -1.94. The average Bonchev–Trinajstić information content (AvgIpc) is 2.78. The fourth-order valence-electron chi connectivity index (χ4n) is 2.81. The van der Waals surface area contributed by atoms with Crippen molar-refractivity contribution in [1.29, 1.82) is 0 Å². The molecule has 0 bridgehead atoms. The third-order valence-electron chi connectivity index (χ3n) is 4.54. The number of nitrogens with one attached hydrogen (secondary N) is 1. The van der Waals surface area contributed by atoms with Gasteiger partial charge in [-0.2, -0.15) is 0 Å². The second kappa shape index (κ2) is 9.73. The zero-order valence-corrected chi connectivity index (χ0v) is 18.6. The normalized spacial score (nSPS) is 11.1. The summed E-state index contributed by atoms with van der Waals surface area (Å²) in [6, 6.07) is 8.98. The third-order valence-corrected chi connectivity index (χ3v) is 5.67. The SMILES string of the molecule is CCC(=O)c1cc(COc2cnc(Nc3ccc(S(C)(=O)=O)cc3)nc2)c(F)c(OC)c1. The number of sulfone groups is 1. The Hall–Kier alpha value is -3.53. The lowest BCUT2D eigenvalue weighted by molar-refractivity contribution is 0.0987. The quantitative estimate of drug-likeness (QED) is 0.480. The number of anilines is 2. The molecule has 168 valence electrons. The summed E-state index contributed by atoms with van der Waals surface area (Å²) >= 11 is 0. The molecule has 0 fully saturated rings. The summed E-state index contributed by atoms with van der Waals surface area (Å²) in [5.41, 5.74) is 1.13. The number of Topliss-reactive ketones (excluding diaryl/α,β-unsaturated/α-hetero) is 1. The minimum atomic E-state index is -3.27. The van der Waals surface area contributed by atoms with Crippen molar-refractivity contribution in [3.63, 3.8) is 0 Å². The fraction of sp³-hybridized carbons (Fsp3) is 0.227. The van der Waals surface area contributed by atoms with Gasteiger partial charge in [-0.3, -0.25) is 4.79 Å². The van der Waals surface area contributed by atoms with Crippen molar-refractivity contribution in [2.24, 2.45) is 0 Å². The van der Waals surface area contributed by atoms with Gasteiger partial charge in [-0.15, -0.1) is 0 Å². The predicted molar refractivity (Wildman–Crippen MR) is 117 cm³/mol. The summed E-state index contributed by atoms with van der Waals surface area (Å²) in [4.78, 5) is 20.5. The molecule has 0 spiro atoms. The highest BCUT2D eigenvalue weighted by Crippen LogP contribution is 2.25. The fourth-order valence-corrected chi connectivity index (χ4v) is 3.44. The molecule has 0 aliphatic carbocycles. The summed E-state index contributed by atoms with van der Waals surface area (Å²) in [5.74, 6) is -0.188. The number of halogens is 1. The van der Waals surface area contributed by atoms with Crippen molar-refractivity contribution in [1.82, 2.24) is 9.97 Å². The Bertz CT molecular complexity index is 1210. The van der Waals surface area contributed by atoms with E-state index in [2.05, 4.69) is 15.3 Å². The second-order valence-electron chi connectivity index (χ2n) is 6.88. The van der Waals surface area contributed by atoms with E-state index >= 15 is 0 Å². The molecule has 0 saturated heterocycles. The van der Waals surface area contributed by atoms with Gasteiger partial charge in [0.2, 0.25) is 5.95 Å². The van der Waals surface area contributed by atoms with E-state index < -0.39 is 15.7 Å². The molecule has 0 amide bonds. The molecule has 0 radical (unpaired) electrons. The molecule has 0 aliphatic heterocycles. The van der Waals surface area contributed by atoms with Crippen LogP contribution < -0.4 is 14.8 Å². The zero-order valence-electron chi connectivity index (χ0n) is 17.8. The van der Waals surface area contributed by atoms with Gasteiger partial charge >= 0.3 is 0 Å². The van der Waals surface area contributed by atoms with Crippen molar-refractivity contribution < 1.29 is 27.1 Å². The Morgan fingerprint density at radius 2 is 1.78 bits per heavy atom. The van der Waals surface area contributed by atoms with Gasteiger partial charge in [0.25, 0.3) is 0 Å². The molecule has 0 saturated carbocycles. The first-order valence-electron chi connectivity index (χ1n) is 9.63. The highest BCUT2D eigenvalue weighted by molar-refractivity contribution is 7.90. The lowest BCUT2D eigenvalue weighted by atomic mass is 10.0. The first kappa shape index (κ1) is 23.1. The molecule has 0 atom stereocenters. The highest BCUT2D eigenvalue weighted by Gasteiger charge is 2.15. The lowest BCUT2D eigenvalue weighted by Crippen LogP contribution is -2.06. The Morgan fingerprint density at radius 3 is 2.34 bits per heavy atom. The second-order valence-corrected chi connectivity index (χ2v) is 8.90. The number of hydrogen-bond donors (Lipinski definition) is 1. The van der Waals surface area contributed by atoms with E-state index in [1.165, 1.54) is 43.8 Å². The maximum atomic E-state index is 14.5. The van der Waals surface area contributed by atoms with Crippen LogP contribution in [0.1, 0.15) is 29.3 Å². The van der Waals surface area contributed by atoms with E-state index in [1.807, 2.05) is 0 Å². The van der Waals surface area contributed by atoms with Crippen LogP contribution in [0, 0.1) is 5.82 Å². The van der Waals surface area contributed by atoms with Gasteiger partial charge < -0.3 is 14.8 Å². The third kappa shape index (κ3) is 5.58. The number of aromatic nitrogens is 2. The standard InChI is InChI=1S/C22H22FN3O5S/c1-4-19(27)14-9-15(21(23)20(10-14)30-2)13-31-17-11-24-22(25-12-17)26-16-5-7-18(8-6-16)32(3,28)29/h5-12H,4,13H2,1-3H3,(H,24,25,26). The molecule has 0 aliphatic rings. The maximum Gasteiger partial charge on any atom is 0.227 e. The minimum Gasteiger partial charge on any atom is -0.494 e. The van der Waals surface area contributed by atoms with Crippen molar-refractivity contribution in [3.8, 4) is 11.5 Å². The smallest absolute Gasteiger partial charge is 0.227 e. The summed E-state index contributed by atoms with van der Waals surface area (Å²) < 4.78 is 48.2. The van der Waals surface area contributed by atoms with E-state index in [9.17, 15) is 17.6 Å². The lowest BCUT2D eigenvalue weighted by Gasteiger charge is -2.12. The Kier molecular flexibility index (Phi) is 7.04. The van der Waals surface area contributed by atoms with Gasteiger partial charge in [-0.25, -0.2) is 22.8 Å². The topological polar surface area (TPSA) is 107 Å². The molecule has 1 heterocycles. The van der Waals surface area contributed by atoms with Crippen LogP contribution in [0.3, 0.4) is 0 Å². The minimum absolute atomic E-state index is 0.0272. The van der Waals surface area contributed by atoms with E-state index in [4.69, 9.17) is 9.47 Å². The Labute approximate surface area is 185 Å². The number of methoxy groups -OCH3 is 1. The largest absolute Gasteiger partial charge is 0.494 e. The number of ether oxygens (including phenoxy) is 2. The highest BCUT2D eigenvalue weighted by atomic mass is 32.2. The molecule has 0 unspecified atom stereocenters. The molecule has 2 aromatic carbocycles. The average molecular weight is 459 g/mol.